The van der Waals surface area contributed by atoms with Gasteiger partial charge in [-0.2, -0.15) is 14.4 Å². The highest BCUT2D eigenvalue weighted by Crippen LogP contribution is 2.31. The molecule has 212 valence electrons. The van der Waals surface area contributed by atoms with Crippen LogP contribution in [-0.2, 0) is 21.0 Å². The predicted octanol–water partition coefficient (Wildman–Crippen LogP) is 3.64. The van der Waals surface area contributed by atoms with E-state index in [9.17, 15) is 9.59 Å². The smallest absolute Gasteiger partial charge is 0.243 e. The average molecular weight is 562 g/mol. The van der Waals surface area contributed by atoms with Gasteiger partial charge in [0.05, 0.1) is 12.5 Å². The zero-order valence-corrected chi connectivity index (χ0v) is 23.2. The Kier molecular flexibility index (Phi) is 10.3. The summed E-state index contributed by atoms with van der Waals surface area (Å²) in [6, 6.07) is 9.49. The van der Waals surface area contributed by atoms with Crippen LogP contribution in [0.2, 0.25) is 5.28 Å². The number of nitrogens with one attached hydrogen (secondary N) is 2. The molecular formula is C27H37ClFN7O3. The van der Waals surface area contributed by atoms with Gasteiger partial charge in [-0.3, -0.25) is 25.3 Å². The number of hydrazine groups is 1. The summed E-state index contributed by atoms with van der Waals surface area (Å²) >= 11 is 6.14. The van der Waals surface area contributed by atoms with E-state index in [1.807, 2.05) is 49.2 Å². The van der Waals surface area contributed by atoms with Crippen LogP contribution in [0.25, 0.3) is 0 Å². The van der Waals surface area contributed by atoms with Crippen LogP contribution in [0.3, 0.4) is 0 Å². The Bertz CT molecular complexity index is 1110. The summed E-state index contributed by atoms with van der Waals surface area (Å²) in [6.45, 7) is 4.36. The Balaban J connectivity index is 1.43. The lowest BCUT2D eigenvalue weighted by molar-refractivity contribution is -0.182. The average Bonchev–Trinajstić information content (AvgIpc) is 3.44. The van der Waals surface area contributed by atoms with Gasteiger partial charge in [-0.1, -0.05) is 56.0 Å². The van der Waals surface area contributed by atoms with Crippen molar-refractivity contribution in [2.45, 2.75) is 51.7 Å². The summed E-state index contributed by atoms with van der Waals surface area (Å²) in [5, 5.41) is 1.03. The molecule has 39 heavy (non-hydrogen) atoms. The number of rotatable bonds is 12. The third-order valence-corrected chi connectivity index (χ3v) is 7.60. The molecule has 2 aliphatic rings. The van der Waals surface area contributed by atoms with Crippen molar-refractivity contribution in [1.29, 1.82) is 0 Å². The van der Waals surface area contributed by atoms with Gasteiger partial charge in [0.2, 0.25) is 23.4 Å². The predicted molar refractivity (Wildman–Crippen MR) is 147 cm³/mol. The molecule has 2 aromatic rings. The minimum Gasteiger partial charge on any atom is -0.349 e. The fourth-order valence-electron chi connectivity index (χ4n) is 5.35. The summed E-state index contributed by atoms with van der Waals surface area (Å²) in [4.78, 5) is 42.9. The lowest BCUT2D eigenvalue weighted by Gasteiger charge is -2.39. The summed E-state index contributed by atoms with van der Waals surface area (Å²) < 4.78 is 15.5. The van der Waals surface area contributed by atoms with Crippen molar-refractivity contribution in [1.82, 2.24) is 25.4 Å². The van der Waals surface area contributed by atoms with Gasteiger partial charge >= 0.3 is 0 Å². The number of carbonyl (C=O) groups excluding carboxylic acids is 2. The monoisotopic (exact) mass is 561 g/mol. The van der Waals surface area contributed by atoms with Crippen LogP contribution < -0.4 is 15.8 Å². The molecule has 2 amide bonds. The number of hydrogen-bond acceptors (Lipinski definition) is 8. The van der Waals surface area contributed by atoms with Crippen LogP contribution in [-0.4, -0.2) is 71.5 Å². The summed E-state index contributed by atoms with van der Waals surface area (Å²) in [5.74, 6) is -1.39. The van der Waals surface area contributed by atoms with E-state index >= 15 is 4.39 Å². The van der Waals surface area contributed by atoms with Crippen LogP contribution in [0, 0.1) is 17.7 Å². The van der Waals surface area contributed by atoms with Gasteiger partial charge in [0, 0.05) is 25.7 Å². The first-order chi connectivity index (χ1) is 18.8. The third-order valence-electron chi connectivity index (χ3n) is 7.43. The molecule has 1 saturated heterocycles. The maximum Gasteiger partial charge on any atom is 0.243 e. The molecule has 1 aromatic heterocycles. The Morgan fingerprint density at radius 3 is 2.69 bits per heavy atom. The van der Waals surface area contributed by atoms with Gasteiger partial charge in [0.1, 0.15) is 6.61 Å². The Morgan fingerprint density at radius 1 is 1.26 bits per heavy atom. The number of nitrogens with zero attached hydrogens (tertiary/aromatic N) is 5. The highest BCUT2D eigenvalue weighted by molar-refractivity contribution is 6.28. The molecule has 12 heteroatoms. The fraction of sp³-hybridized carbons (Fsp3) is 0.556. The molecule has 1 saturated carbocycles. The minimum absolute atomic E-state index is 0.0210. The lowest BCUT2D eigenvalue weighted by atomic mass is 9.92. The molecule has 10 nitrogen and oxygen atoms in total. The number of hydrogen-bond donors (Lipinski definition) is 2. The second kappa shape index (κ2) is 13.9. The number of piperazine rings is 1. The first-order valence-corrected chi connectivity index (χ1v) is 13.8. The largest absolute Gasteiger partial charge is 0.349 e. The maximum atomic E-state index is 15.5. The SMILES string of the molecule is C[C@@H]1CN(C)CCN1c1nc(Cl)nc(NNC(=O)[C@@H](CC2CCCC2)CN(C=O)OCc2ccccc2)c1F. The van der Waals surface area contributed by atoms with Crippen molar-refractivity contribution in [3.8, 4) is 0 Å². The van der Waals surface area contributed by atoms with Gasteiger partial charge in [-0.05, 0) is 43.5 Å². The van der Waals surface area contributed by atoms with E-state index in [1.54, 1.807) is 0 Å². The van der Waals surface area contributed by atoms with Crippen molar-refractivity contribution in [3.63, 3.8) is 0 Å². The number of hydroxylamine groups is 2. The first kappa shape index (κ1) is 29.0. The Labute approximate surface area is 233 Å². The fourth-order valence-corrected chi connectivity index (χ4v) is 5.51. The van der Waals surface area contributed by atoms with E-state index in [0.717, 1.165) is 49.4 Å². The molecule has 0 unspecified atom stereocenters. The second-order valence-corrected chi connectivity index (χ2v) is 10.8. The zero-order chi connectivity index (χ0) is 27.8. The molecule has 2 fully saturated rings. The van der Waals surface area contributed by atoms with Gasteiger partial charge in [0.25, 0.3) is 0 Å². The minimum atomic E-state index is -0.691. The molecule has 1 aromatic carbocycles. The van der Waals surface area contributed by atoms with Gasteiger partial charge in [-0.25, -0.2) is 5.06 Å². The van der Waals surface area contributed by atoms with E-state index < -0.39 is 11.7 Å². The molecule has 4 rings (SSSR count). The third kappa shape index (κ3) is 8.00. The summed E-state index contributed by atoms with van der Waals surface area (Å²) in [7, 11) is 2.01. The number of benzene rings is 1. The molecule has 0 bridgehead atoms. The van der Waals surface area contributed by atoms with E-state index in [4.69, 9.17) is 16.4 Å². The first-order valence-electron chi connectivity index (χ1n) is 13.5. The second-order valence-electron chi connectivity index (χ2n) is 10.4. The van der Waals surface area contributed by atoms with Crippen molar-refractivity contribution in [2.24, 2.45) is 11.8 Å². The number of aromatic nitrogens is 2. The van der Waals surface area contributed by atoms with Crippen LogP contribution in [0.4, 0.5) is 16.0 Å². The summed E-state index contributed by atoms with van der Waals surface area (Å²) in [5.41, 5.74) is 6.11. The normalized spacial score (nSPS) is 19.1. The van der Waals surface area contributed by atoms with Crippen molar-refractivity contribution in [3.05, 3.63) is 47.0 Å². The lowest BCUT2D eigenvalue weighted by Crippen LogP contribution is -2.51. The molecule has 0 radical (unpaired) electrons. The number of carbonyl (C=O) groups is 2. The highest BCUT2D eigenvalue weighted by Gasteiger charge is 2.30. The Hall–Kier alpha value is -3.02. The molecule has 2 atom stereocenters. The van der Waals surface area contributed by atoms with Gasteiger partial charge in [0.15, 0.2) is 11.6 Å². The van der Waals surface area contributed by atoms with Crippen LogP contribution in [0.1, 0.15) is 44.6 Å². The molecular weight excluding hydrogens is 525 g/mol. The number of likely N-dealkylation sites (N-methyl/N-ethyl adjacent to an activating group) is 1. The van der Waals surface area contributed by atoms with E-state index in [-0.39, 0.29) is 42.0 Å². The summed E-state index contributed by atoms with van der Waals surface area (Å²) in [6.07, 6.45) is 5.48. The van der Waals surface area contributed by atoms with Crippen LogP contribution in [0.5, 0.6) is 0 Å². The molecule has 0 spiro atoms. The molecule has 2 N–H and O–H groups in total. The van der Waals surface area contributed by atoms with Crippen molar-refractivity contribution < 1.29 is 18.8 Å². The quantitative estimate of drug-likeness (QED) is 0.230. The van der Waals surface area contributed by atoms with Crippen molar-refractivity contribution >= 4 is 35.6 Å². The van der Waals surface area contributed by atoms with E-state index in [1.165, 1.54) is 0 Å². The standard InChI is InChI=1S/C27H37ClFN7O3/c1-19-15-34(2)12-13-36(19)25-23(29)24(30-27(28)31-25)32-33-26(38)22(14-20-8-6-7-9-20)16-35(18-37)39-17-21-10-4-3-5-11-21/h3-5,10-11,18-20,22H,6-9,12-17H2,1-2H3,(H,33,38)(H,30,31,32)/t19-,22+/m1/s1. The van der Waals surface area contributed by atoms with E-state index in [2.05, 4.69) is 25.7 Å². The number of anilines is 2. The van der Waals surface area contributed by atoms with Crippen LogP contribution >= 0.6 is 11.6 Å². The van der Waals surface area contributed by atoms with Gasteiger partial charge < -0.3 is 9.80 Å². The highest BCUT2D eigenvalue weighted by atomic mass is 35.5. The van der Waals surface area contributed by atoms with Crippen LogP contribution in [0.15, 0.2) is 30.3 Å². The van der Waals surface area contributed by atoms with E-state index in [0.29, 0.717) is 25.3 Å². The topological polar surface area (TPSA) is 103 Å². The van der Waals surface area contributed by atoms with Crippen molar-refractivity contribution in [2.75, 3.05) is 43.6 Å². The molecule has 2 heterocycles. The molecule has 1 aliphatic carbocycles. The van der Waals surface area contributed by atoms with Gasteiger partial charge in [-0.15, -0.1) is 0 Å². The Morgan fingerprint density at radius 2 is 2.00 bits per heavy atom. The number of amides is 2. The number of halogens is 2. The zero-order valence-electron chi connectivity index (χ0n) is 22.5. The molecule has 1 aliphatic heterocycles. The maximum absolute atomic E-state index is 15.5.